The second-order valence-electron chi connectivity index (χ2n) is 3.71. The Labute approximate surface area is 95.8 Å². The minimum absolute atomic E-state index is 0.325. The lowest BCUT2D eigenvalue weighted by Crippen LogP contribution is -2.30. The van der Waals surface area contributed by atoms with Crippen molar-refractivity contribution in [1.29, 1.82) is 0 Å². The van der Waals surface area contributed by atoms with Gasteiger partial charge in [-0.25, -0.2) is 5.84 Å². The van der Waals surface area contributed by atoms with Gasteiger partial charge in [-0.3, -0.25) is 10.2 Å². The van der Waals surface area contributed by atoms with E-state index in [4.69, 9.17) is 10.6 Å². The largest absolute Gasteiger partial charge is 0.492 e. The molecule has 4 nitrogen and oxygen atoms in total. The molecule has 0 atom stereocenters. The molecule has 1 rings (SSSR count). The number of rotatable bonds is 4. The number of carbonyl (C=O) groups excluding carboxylic acids is 1. The Balaban J connectivity index is 3.16. The number of nitrogen functional groups attached to an aromatic ring is 1. The highest BCUT2D eigenvalue weighted by Gasteiger charge is 2.14. The van der Waals surface area contributed by atoms with Crippen LogP contribution in [0.4, 0.5) is 0 Å². The first-order valence-corrected chi connectivity index (χ1v) is 5.35. The second-order valence-corrected chi connectivity index (χ2v) is 3.71. The second kappa shape index (κ2) is 5.51. The van der Waals surface area contributed by atoms with Crippen molar-refractivity contribution >= 4 is 5.91 Å². The SMILES string of the molecule is CCCOc1c(C(=O)NN)ccc(C)c1C. The number of aryl methyl sites for hydroxylation is 1. The fourth-order valence-corrected chi connectivity index (χ4v) is 1.44. The molecule has 0 unspecified atom stereocenters. The Morgan fingerprint density at radius 2 is 2.12 bits per heavy atom. The van der Waals surface area contributed by atoms with E-state index in [1.54, 1.807) is 6.07 Å². The van der Waals surface area contributed by atoms with Crippen LogP contribution in [0.3, 0.4) is 0 Å². The number of amides is 1. The highest BCUT2D eigenvalue weighted by molar-refractivity contribution is 5.97. The standard InChI is InChI=1S/C12H18N2O2/c1-4-7-16-11-9(3)8(2)5-6-10(11)12(15)14-13/h5-6H,4,7,13H2,1-3H3,(H,14,15). The highest BCUT2D eigenvalue weighted by atomic mass is 16.5. The summed E-state index contributed by atoms with van der Waals surface area (Å²) in [7, 11) is 0. The first-order chi connectivity index (χ1) is 7.61. The van der Waals surface area contributed by atoms with E-state index in [0.29, 0.717) is 17.9 Å². The highest BCUT2D eigenvalue weighted by Crippen LogP contribution is 2.26. The number of benzene rings is 1. The maximum absolute atomic E-state index is 11.5. The molecule has 0 fully saturated rings. The Bertz CT molecular complexity index is 389. The van der Waals surface area contributed by atoms with E-state index in [2.05, 4.69) is 5.43 Å². The molecule has 0 heterocycles. The van der Waals surface area contributed by atoms with E-state index in [1.165, 1.54) is 0 Å². The van der Waals surface area contributed by atoms with Gasteiger partial charge in [-0.05, 0) is 37.5 Å². The van der Waals surface area contributed by atoms with E-state index in [-0.39, 0.29) is 5.91 Å². The van der Waals surface area contributed by atoms with E-state index >= 15 is 0 Å². The predicted molar refractivity (Wildman–Crippen MR) is 63.4 cm³/mol. The van der Waals surface area contributed by atoms with Gasteiger partial charge in [0.05, 0.1) is 12.2 Å². The van der Waals surface area contributed by atoms with Gasteiger partial charge in [-0.1, -0.05) is 13.0 Å². The van der Waals surface area contributed by atoms with E-state index < -0.39 is 0 Å². The third-order valence-corrected chi connectivity index (χ3v) is 2.50. The van der Waals surface area contributed by atoms with Crippen molar-refractivity contribution in [1.82, 2.24) is 5.43 Å². The van der Waals surface area contributed by atoms with Gasteiger partial charge in [0.1, 0.15) is 5.75 Å². The summed E-state index contributed by atoms with van der Waals surface area (Å²) < 4.78 is 5.60. The summed E-state index contributed by atoms with van der Waals surface area (Å²) in [5.41, 5.74) is 4.69. The first kappa shape index (κ1) is 12.5. The van der Waals surface area contributed by atoms with Gasteiger partial charge in [0.25, 0.3) is 5.91 Å². The molecule has 0 aromatic heterocycles. The average molecular weight is 222 g/mol. The molecule has 0 aliphatic carbocycles. The van der Waals surface area contributed by atoms with E-state index in [1.807, 2.05) is 26.8 Å². The van der Waals surface area contributed by atoms with Crippen LogP contribution < -0.4 is 16.0 Å². The molecule has 1 aromatic rings. The van der Waals surface area contributed by atoms with Crippen LogP contribution in [-0.2, 0) is 0 Å². The number of hydrogen-bond acceptors (Lipinski definition) is 3. The number of carbonyl (C=O) groups is 1. The molecule has 0 spiro atoms. The molecule has 1 amide bonds. The zero-order valence-electron chi connectivity index (χ0n) is 9.96. The molecule has 4 heteroatoms. The van der Waals surface area contributed by atoms with Gasteiger partial charge in [0, 0.05) is 0 Å². The molecular formula is C12H18N2O2. The lowest BCUT2D eigenvalue weighted by atomic mass is 10.0. The molecular weight excluding hydrogens is 204 g/mol. The third-order valence-electron chi connectivity index (χ3n) is 2.50. The summed E-state index contributed by atoms with van der Waals surface area (Å²) in [5.74, 6) is 5.44. The Morgan fingerprint density at radius 3 is 2.69 bits per heavy atom. The number of hydrazine groups is 1. The van der Waals surface area contributed by atoms with Crippen LogP contribution in [0, 0.1) is 13.8 Å². The molecule has 16 heavy (non-hydrogen) atoms. The molecule has 0 bridgehead atoms. The van der Waals surface area contributed by atoms with Gasteiger partial charge in [0.15, 0.2) is 0 Å². The Kier molecular flexibility index (Phi) is 4.31. The van der Waals surface area contributed by atoms with Crippen LogP contribution in [0.15, 0.2) is 12.1 Å². The fourth-order valence-electron chi connectivity index (χ4n) is 1.44. The van der Waals surface area contributed by atoms with E-state index in [9.17, 15) is 4.79 Å². The van der Waals surface area contributed by atoms with Crippen LogP contribution >= 0.6 is 0 Å². The third kappa shape index (κ3) is 2.52. The van der Waals surface area contributed by atoms with Gasteiger partial charge in [-0.15, -0.1) is 0 Å². The van der Waals surface area contributed by atoms with Crippen LogP contribution in [0.25, 0.3) is 0 Å². The Morgan fingerprint density at radius 1 is 1.44 bits per heavy atom. The number of hydrogen-bond donors (Lipinski definition) is 2. The molecule has 0 aliphatic heterocycles. The zero-order valence-corrected chi connectivity index (χ0v) is 9.96. The minimum Gasteiger partial charge on any atom is -0.492 e. The summed E-state index contributed by atoms with van der Waals surface area (Å²) in [4.78, 5) is 11.5. The van der Waals surface area contributed by atoms with Crippen molar-refractivity contribution in [3.8, 4) is 5.75 Å². The molecule has 0 aliphatic rings. The molecule has 0 radical (unpaired) electrons. The van der Waals surface area contributed by atoms with Crippen LogP contribution in [-0.4, -0.2) is 12.5 Å². The van der Waals surface area contributed by atoms with Gasteiger partial charge in [0.2, 0.25) is 0 Å². The molecule has 88 valence electrons. The first-order valence-electron chi connectivity index (χ1n) is 5.35. The van der Waals surface area contributed by atoms with Crippen molar-refractivity contribution in [2.75, 3.05) is 6.61 Å². The van der Waals surface area contributed by atoms with E-state index in [0.717, 1.165) is 17.5 Å². The van der Waals surface area contributed by atoms with Crippen molar-refractivity contribution in [3.05, 3.63) is 28.8 Å². The van der Waals surface area contributed by atoms with Crippen molar-refractivity contribution in [2.24, 2.45) is 5.84 Å². The predicted octanol–water partition coefficient (Wildman–Crippen LogP) is 1.70. The number of ether oxygens (including phenoxy) is 1. The Hall–Kier alpha value is -1.55. The van der Waals surface area contributed by atoms with Gasteiger partial charge >= 0.3 is 0 Å². The summed E-state index contributed by atoms with van der Waals surface area (Å²) in [6.07, 6.45) is 0.900. The quantitative estimate of drug-likeness (QED) is 0.463. The topological polar surface area (TPSA) is 64.3 Å². The van der Waals surface area contributed by atoms with Crippen LogP contribution in [0.5, 0.6) is 5.75 Å². The molecule has 0 saturated heterocycles. The smallest absolute Gasteiger partial charge is 0.268 e. The van der Waals surface area contributed by atoms with Crippen LogP contribution in [0.2, 0.25) is 0 Å². The lowest BCUT2D eigenvalue weighted by molar-refractivity contribution is 0.0949. The number of nitrogens with two attached hydrogens (primary N) is 1. The lowest BCUT2D eigenvalue weighted by Gasteiger charge is -2.14. The molecule has 1 aromatic carbocycles. The van der Waals surface area contributed by atoms with Gasteiger partial charge in [-0.2, -0.15) is 0 Å². The van der Waals surface area contributed by atoms with Crippen molar-refractivity contribution in [2.45, 2.75) is 27.2 Å². The molecule has 0 saturated carbocycles. The normalized spacial score (nSPS) is 10.0. The zero-order chi connectivity index (χ0) is 12.1. The average Bonchev–Trinajstić information content (AvgIpc) is 2.30. The fraction of sp³-hybridized carbons (Fsp3) is 0.417. The summed E-state index contributed by atoms with van der Waals surface area (Å²) >= 11 is 0. The molecule has 3 N–H and O–H groups in total. The van der Waals surface area contributed by atoms with Gasteiger partial charge < -0.3 is 4.74 Å². The maximum Gasteiger partial charge on any atom is 0.268 e. The van der Waals surface area contributed by atoms with Crippen molar-refractivity contribution < 1.29 is 9.53 Å². The maximum atomic E-state index is 11.5. The number of nitrogens with one attached hydrogen (secondary N) is 1. The summed E-state index contributed by atoms with van der Waals surface area (Å²) in [5, 5.41) is 0. The monoisotopic (exact) mass is 222 g/mol. The van der Waals surface area contributed by atoms with Crippen molar-refractivity contribution in [3.63, 3.8) is 0 Å². The minimum atomic E-state index is -0.325. The van der Waals surface area contributed by atoms with Crippen LogP contribution in [0.1, 0.15) is 34.8 Å². The summed E-state index contributed by atoms with van der Waals surface area (Å²) in [6.45, 7) is 6.54. The summed E-state index contributed by atoms with van der Waals surface area (Å²) in [6, 6.07) is 3.62.